The van der Waals surface area contributed by atoms with Crippen LogP contribution in [0.25, 0.3) is 0 Å². The molecule has 2 aromatic heterocycles. The summed E-state index contributed by atoms with van der Waals surface area (Å²) in [6.07, 6.45) is 0. The topological polar surface area (TPSA) is 54.6 Å². The Balaban J connectivity index is 2.04. The van der Waals surface area contributed by atoms with Crippen molar-refractivity contribution in [2.45, 2.75) is 13.8 Å². The minimum Gasteiger partial charge on any atom is -0.456 e. The van der Waals surface area contributed by atoms with Crippen LogP contribution in [0.5, 0.6) is 0 Å². The zero-order chi connectivity index (χ0) is 13.1. The molecule has 2 heterocycles. The Labute approximate surface area is 113 Å². The van der Waals surface area contributed by atoms with Gasteiger partial charge >= 0.3 is 5.91 Å². The van der Waals surface area contributed by atoms with Gasteiger partial charge in [0.05, 0.1) is 14.9 Å². The average molecular weight is 283 g/mol. The lowest BCUT2D eigenvalue weighted by atomic mass is 10.3. The third kappa shape index (κ3) is 3.00. The lowest BCUT2D eigenvalue weighted by Crippen LogP contribution is -2.18. The van der Waals surface area contributed by atoms with Crippen molar-refractivity contribution in [3.63, 3.8) is 0 Å². The van der Waals surface area contributed by atoms with Crippen molar-refractivity contribution in [3.8, 4) is 0 Å². The molecule has 0 fully saturated rings. The Morgan fingerprint density at radius 1 is 1.39 bits per heavy atom. The van der Waals surface area contributed by atoms with Crippen LogP contribution in [0.3, 0.4) is 0 Å². The molecule has 2 rings (SSSR count). The Hall–Kier alpha value is -1.59. The summed E-state index contributed by atoms with van der Waals surface area (Å²) in [6.45, 7) is 3.58. The highest BCUT2D eigenvalue weighted by Crippen LogP contribution is 2.21. The van der Waals surface area contributed by atoms with Crippen molar-refractivity contribution >= 4 is 34.6 Å². The first kappa shape index (κ1) is 12.9. The summed E-state index contributed by atoms with van der Waals surface area (Å²) < 4.78 is 5.88. The van der Waals surface area contributed by atoms with Crippen LogP contribution < -0.4 is 5.43 Å². The number of carbonyl (C=O) groups is 1. The van der Waals surface area contributed by atoms with Crippen molar-refractivity contribution in [1.29, 1.82) is 0 Å². The molecule has 1 N–H and O–H groups in total. The molecule has 0 radical (unpaired) electrons. The maximum Gasteiger partial charge on any atom is 0.307 e. The number of halogens is 1. The molecule has 1 amide bonds. The standard InChI is InChI=1S/C12H11ClN2O2S/c1-7-3-4-9(17-7)12(16)15-14-8(2)10-5-6-11(13)18-10/h3-6H,1-2H3,(H,15,16). The Bertz CT molecular complexity index is 601. The fraction of sp³-hybridized carbons (Fsp3) is 0.167. The van der Waals surface area contributed by atoms with Crippen LogP contribution in [0.1, 0.15) is 28.1 Å². The second kappa shape index (κ2) is 5.37. The summed E-state index contributed by atoms with van der Waals surface area (Å²) in [6, 6.07) is 6.98. The zero-order valence-corrected chi connectivity index (χ0v) is 11.4. The van der Waals surface area contributed by atoms with Crippen molar-refractivity contribution in [1.82, 2.24) is 5.43 Å². The molecule has 0 aliphatic heterocycles. The number of hydrogen-bond donors (Lipinski definition) is 1. The maximum absolute atomic E-state index is 11.7. The Morgan fingerprint density at radius 2 is 2.17 bits per heavy atom. The number of hydrogen-bond acceptors (Lipinski definition) is 4. The SMILES string of the molecule is CC(=NNC(=O)c1ccc(C)o1)c1ccc(Cl)s1. The van der Waals surface area contributed by atoms with E-state index in [0.29, 0.717) is 15.8 Å². The predicted octanol–water partition coefficient (Wildman–Crippen LogP) is 3.46. The van der Waals surface area contributed by atoms with E-state index in [1.807, 2.05) is 6.07 Å². The molecule has 4 nitrogen and oxygen atoms in total. The number of aryl methyl sites for hydroxylation is 1. The van der Waals surface area contributed by atoms with Crippen LogP contribution in [0.4, 0.5) is 0 Å². The van der Waals surface area contributed by atoms with Crippen LogP contribution in [-0.2, 0) is 0 Å². The number of carbonyl (C=O) groups excluding carboxylic acids is 1. The van der Waals surface area contributed by atoms with E-state index in [9.17, 15) is 4.79 Å². The molecule has 6 heteroatoms. The lowest BCUT2D eigenvalue weighted by Gasteiger charge is -1.98. The quantitative estimate of drug-likeness (QED) is 0.692. The van der Waals surface area contributed by atoms with Gasteiger partial charge in [-0.25, -0.2) is 5.43 Å². The van der Waals surface area contributed by atoms with Gasteiger partial charge in [-0.05, 0) is 38.1 Å². The van der Waals surface area contributed by atoms with Gasteiger partial charge in [-0.3, -0.25) is 4.79 Å². The van der Waals surface area contributed by atoms with Gasteiger partial charge in [0.1, 0.15) is 5.76 Å². The third-order valence-electron chi connectivity index (χ3n) is 2.22. The Morgan fingerprint density at radius 3 is 2.72 bits per heavy atom. The second-order valence-electron chi connectivity index (χ2n) is 3.65. The highest BCUT2D eigenvalue weighted by molar-refractivity contribution is 7.18. The van der Waals surface area contributed by atoms with Crippen molar-refractivity contribution < 1.29 is 9.21 Å². The molecule has 18 heavy (non-hydrogen) atoms. The van der Waals surface area contributed by atoms with Crippen LogP contribution in [0.2, 0.25) is 4.34 Å². The van der Waals surface area contributed by atoms with E-state index in [4.69, 9.17) is 16.0 Å². The average Bonchev–Trinajstić information content (AvgIpc) is 2.94. The molecular weight excluding hydrogens is 272 g/mol. The minimum absolute atomic E-state index is 0.244. The first-order chi connectivity index (χ1) is 8.56. The molecule has 0 aromatic carbocycles. The van der Waals surface area contributed by atoms with E-state index in [1.54, 1.807) is 32.0 Å². The number of amides is 1. The largest absolute Gasteiger partial charge is 0.456 e. The monoisotopic (exact) mass is 282 g/mol. The van der Waals surface area contributed by atoms with Gasteiger partial charge in [0.15, 0.2) is 5.76 Å². The molecule has 0 aliphatic carbocycles. The number of furan rings is 1. The van der Waals surface area contributed by atoms with E-state index in [-0.39, 0.29) is 11.7 Å². The van der Waals surface area contributed by atoms with Crippen molar-refractivity contribution in [2.24, 2.45) is 5.10 Å². The molecule has 0 spiro atoms. The third-order valence-corrected chi connectivity index (χ3v) is 3.56. The summed E-state index contributed by atoms with van der Waals surface area (Å²) >= 11 is 7.23. The molecule has 0 saturated carbocycles. The summed E-state index contributed by atoms with van der Waals surface area (Å²) in [5.41, 5.74) is 3.14. The summed E-state index contributed by atoms with van der Waals surface area (Å²) in [7, 11) is 0. The highest BCUT2D eigenvalue weighted by Gasteiger charge is 2.09. The van der Waals surface area contributed by atoms with Gasteiger partial charge in [-0.15, -0.1) is 11.3 Å². The summed E-state index contributed by atoms with van der Waals surface area (Å²) in [5.74, 6) is 0.559. The molecular formula is C12H11ClN2O2S. The molecule has 94 valence electrons. The van der Waals surface area contributed by atoms with Crippen LogP contribution >= 0.6 is 22.9 Å². The molecule has 0 atom stereocenters. The highest BCUT2D eigenvalue weighted by atomic mass is 35.5. The fourth-order valence-electron chi connectivity index (χ4n) is 1.31. The van der Waals surface area contributed by atoms with E-state index in [0.717, 1.165) is 4.88 Å². The first-order valence-corrected chi connectivity index (χ1v) is 6.42. The summed E-state index contributed by atoms with van der Waals surface area (Å²) in [5, 5.41) is 4.00. The number of thiophene rings is 1. The van der Waals surface area contributed by atoms with Crippen molar-refractivity contribution in [2.75, 3.05) is 0 Å². The molecule has 0 aliphatic rings. The Kier molecular flexibility index (Phi) is 3.84. The van der Waals surface area contributed by atoms with E-state index >= 15 is 0 Å². The fourth-order valence-corrected chi connectivity index (χ4v) is 2.30. The zero-order valence-electron chi connectivity index (χ0n) is 9.86. The van der Waals surface area contributed by atoms with Crippen LogP contribution in [0.15, 0.2) is 33.8 Å². The number of nitrogens with zero attached hydrogens (tertiary/aromatic N) is 1. The maximum atomic E-state index is 11.7. The molecule has 0 bridgehead atoms. The van der Waals surface area contributed by atoms with Crippen LogP contribution in [-0.4, -0.2) is 11.6 Å². The first-order valence-electron chi connectivity index (χ1n) is 5.23. The van der Waals surface area contributed by atoms with Gasteiger partial charge in [0.2, 0.25) is 0 Å². The minimum atomic E-state index is -0.370. The molecule has 0 saturated heterocycles. The normalized spacial score (nSPS) is 11.6. The smallest absolute Gasteiger partial charge is 0.307 e. The van der Waals surface area contributed by atoms with E-state index in [2.05, 4.69) is 10.5 Å². The lowest BCUT2D eigenvalue weighted by molar-refractivity contribution is 0.0926. The van der Waals surface area contributed by atoms with Crippen molar-refractivity contribution in [3.05, 3.63) is 45.0 Å². The van der Waals surface area contributed by atoms with Gasteiger partial charge in [0.25, 0.3) is 0 Å². The summed E-state index contributed by atoms with van der Waals surface area (Å²) in [4.78, 5) is 12.6. The number of nitrogens with one attached hydrogen (secondary N) is 1. The van der Waals surface area contributed by atoms with Crippen LogP contribution in [0, 0.1) is 6.92 Å². The molecule has 0 unspecified atom stereocenters. The number of hydrazone groups is 1. The van der Waals surface area contributed by atoms with Gasteiger partial charge in [0, 0.05) is 0 Å². The van der Waals surface area contributed by atoms with Gasteiger partial charge in [-0.2, -0.15) is 5.10 Å². The number of rotatable bonds is 3. The second-order valence-corrected chi connectivity index (χ2v) is 5.37. The van der Waals surface area contributed by atoms with E-state index in [1.165, 1.54) is 11.3 Å². The van der Waals surface area contributed by atoms with Gasteiger partial charge in [-0.1, -0.05) is 11.6 Å². The van der Waals surface area contributed by atoms with Gasteiger partial charge < -0.3 is 4.42 Å². The van der Waals surface area contributed by atoms with E-state index < -0.39 is 0 Å². The molecule has 2 aromatic rings. The predicted molar refractivity (Wildman–Crippen MR) is 72.5 cm³/mol.